The molecule has 3 aliphatic carbocycles. The minimum Gasteiger partial charge on any atom is -0.376 e. The standard InChI is InChI=1S/C26H38N4O3.C23H26ClN5OS/c1-28(2)24-17-21(29-14-12-20(13-15-29)16-19-6-4-3-5-7-19)8-9-22(24)30(18-31)23-10-11-25(32)27-26(23)33;1-14-11-18(31-28-16-5-4-6-16)9-10-20(14)26-23-25-13-15-12-19(24)22(30)29(21(15)27-23)17-7-2-3-8-17/h8-9,17-20,23H,3-7,10-16H2,1-2H3,(H,27,32,33);9-13,16-17,28H,2-8H2,1H3,(H,25,26,27). The molecule has 3 saturated carbocycles. The highest BCUT2D eigenvalue weighted by Gasteiger charge is 2.34. The molecule has 2 aromatic heterocycles. The molecule has 15 heteroatoms. The Hall–Kier alpha value is -4.66. The van der Waals surface area contributed by atoms with Crippen LogP contribution in [0.1, 0.15) is 121 Å². The number of piperidine rings is 2. The van der Waals surface area contributed by atoms with Crippen molar-refractivity contribution in [1.82, 2.24) is 24.6 Å². The quantitative estimate of drug-likeness (QED) is 0.0671. The number of hydrogen-bond acceptors (Lipinski definition) is 11. The predicted molar refractivity (Wildman–Crippen MR) is 259 cm³/mol. The van der Waals surface area contributed by atoms with Crippen molar-refractivity contribution in [2.24, 2.45) is 11.8 Å². The van der Waals surface area contributed by atoms with Gasteiger partial charge in [0.25, 0.3) is 5.56 Å². The van der Waals surface area contributed by atoms with Gasteiger partial charge in [-0.3, -0.25) is 33.8 Å². The van der Waals surface area contributed by atoms with Crippen LogP contribution in [0, 0.1) is 18.8 Å². The Morgan fingerprint density at radius 2 is 1.59 bits per heavy atom. The van der Waals surface area contributed by atoms with Gasteiger partial charge in [-0.2, -0.15) is 4.98 Å². The lowest BCUT2D eigenvalue weighted by Crippen LogP contribution is -2.52. The smallest absolute Gasteiger partial charge is 0.271 e. The van der Waals surface area contributed by atoms with Crippen molar-refractivity contribution in [2.75, 3.05) is 47.2 Å². The summed E-state index contributed by atoms with van der Waals surface area (Å²) in [6.07, 6.45) is 22.1. The summed E-state index contributed by atoms with van der Waals surface area (Å²) in [6.45, 7) is 4.20. The van der Waals surface area contributed by atoms with Crippen molar-refractivity contribution in [2.45, 2.75) is 139 Å². The molecule has 1 atom stereocenters. The number of aryl methyl sites for hydroxylation is 1. The van der Waals surface area contributed by atoms with Gasteiger partial charge in [0.2, 0.25) is 24.2 Å². The minimum absolute atomic E-state index is 0.151. The minimum atomic E-state index is -0.666. The van der Waals surface area contributed by atoms with Crippen LogP contribution in [0.25, 0.3) is 11.0 Å². The summed E-state index contributed by atoms with van der Waals surface area (Å²) in [7, 11) is 3.90. The molecule has 1 unspecified atom stereocenters. The second-order valence-electron chi connectivity index (χ2n) is 18.7. The van der Waals surface area contributed by atoms with E-state index in [1.165, 1.54) is 80.4 Å². The van der Waals surface area contributed by atoms with Crippen LogP contribution < -0.4 is 35.6 Å². The Bertz CT molecular complexity index is 2350. The number of rotatable bonds is 13. The van der Waals surface area contributed by atoms with E-state index in [0.717, 1.165) is 78.6 Å². The molecular formula is C49H64ClN9O4S. The van der Waals surface area contributed by atoms with Crippen LogP contribution in [0.5, 0.6) is 0 Å². The van der Waals surface area contributed by atoms with E-state index >= 15 is 0 Å². The average molecular weight is 911 g/mol. The van der Waals surface area contributed by atoms with Crippen molar-refractivity contribution in [1.29, 1.82) is 0 Å². The summed E-state index contributed by atoms with van der Waals surface area (Å²) in [4.78, 5) is 65.1. The molecule has 0 bridgehead atoms. The molecule has 2 aromatic carbocycles. The Morgan fingerprint density at radius 3 is 2.27 bits per heavy atom. The Morgan fingerprint density at radius 1 is 0.859 bits per heavy atom. The predicted octanol–water partition coefficient (Wildman–Crippen LogP) is 9.47. The number of imide groups is 1. The summed E-state index contributed by atoms with van der Waals surface area (Å²) in [5.74, 6) is 1.58. The molecule has 13 nitrogen and oxygen atoms in total. The maximum absolute atomic E-state index is 12.8. The second kappa shape index (κ2) is 21.1. The third-order valence-electron chi connectivity index (χ3n) is 14.1. The zero-order chi connectivity index (χ0) is 44.7. The molecule has 342 valence electrons. The van der Waals surface area contributed by atoms with Crippen LogP contribution in [-0.2, 0) is 14.4 Å². The lowest BCUT2D eigenvalue weighted by molar-refractivity contribution is -0.134. The number of carbonyl (C=O) groups excluding carboxylic acids is 3. The number of pyridine rings is 1. The van der Waals surface area contributed by atoms with Gasteiger partial charge < -0.3 is 20.0 Å². The average Bonchev–Trinajstić information content (AvgIpc) is 3.81. The van der Waals surface area contributed by atoms with E-state index in [0.29, 0.717) is 36.2 Å². The molecule has 64 heavy (non-hydrogen) atoms. The van der Waals surface area contributed by atoms with Gasteiger partial charge in [0.15, 0.2) is 0 Å². The van der Waals surface area contributed by atoms with Gasteiger partial charge in [0.05, 0.1) is 11.4 Å². The zero-order valence-electron chi connectivity index (χ0n) is 37.6. The molecule has 3 N–H and O–H groups in total. The lowest BCUT2D eigenvalue weighted by Gasteiger charge is -2.37. The van der Waals surface area contributed by atoms with Crippen molar-refractivity contribution < 1.29 is 14.4 Å². The highest BCUT2D eigenvalue weighted by molar-refractivity contribution is 7.97. The van der Waals surface area contributed by atoms with Gasteiger partial charge in [-0.1, -0.05) is 63.0 Å². The molecule has 2 aliphatic heterocycles. The maximum Gasteiger partial charge on any atom is 0.271 e. The number of benzene rings is 2. The molecular weight excluding hydrogens is 846 g/mol. The first-order valence-corrected chi connectivity index (χ1v) is 24.8. The largest absolute Gasteiger partial charge is 0.376 e. The summed E-state index contributed by atoms with van der Waals surface area (Å²) in [5.41, 5.74) is 5.31. The molecule has 0 radical (unpaired) electrons. The van der Waals surface area contributed by atoms with Gasteiger partial charge in [0.1, 0.15) is 16.7 Å². The maximum atomic E-state index is 12.8. The van der Waals surface area contributed by atoms with Gasteiger partial charge >= 0.3 is 0 Å². The number of carbonyl (C=O) groups is 3. The number of halogens is 1. The van der Waals surface area contributed by atoms with Crippen molar-refractivity contribution >= 4 is 81.5 Å². The van der Waals surface area contributed by atoms with Crippen LogP contribution in [-0.4, -0.2) is 72.0 Å². The van der Waals surface area contributed by atoms with Crippen LogP contribution in [0.3, 0.4) is 0 Å². The highest BCUT2D eigenvalue weighted by Crippen LogP contribution is 2.38. The molecule has 5 aliphatic rings. The third kappa shape index (κ3) is 10.9. The topological polar surface area (TPSA) is 145 Å². The fourth-order valence-corrected chi connectivity index (χ4v) is 11.3. The number of aromatic nitrogens is 3. The number of fused-ring (bicyclic) bond motifs is 1. The number of nitrogens with zero attached hydrogens (tertiary/aromatic N) is 6. The van der Waals surface area contributed by atoms with Crippen LogP contribution in [0.2, 0.25) is 5.02 Å². The molecule has 9 rings (SSSR count). The first-order chi connectivity index (χ1) is 31.0. The number of amides is 3. The zero-order valence-corrected chi connectivity index (χ0v) is 39.2. The van der Waals surface area contributed by atoms with Crippen LogP contribution in [0.4, 0.5) is 28.7 Å². The highest BCUT2D eigenvalue weighted by atomic mass is 35.5. The SMILES string of the molecule is CN(C)c1cc(N2CCC(CC3CCCCC3)CC2)ccc1N(C=O)C1CCC(=O)NC1=O.Cc1cc(SNC2CCC2)ccc1Nc1ncc2cc(Cl)c(=O)n(C3CCCC3)c2n1. The summed E-state index contributed by atoms with van der Waals surface area (Å²) in [5, 5.41) is 6.70. The first kappa shape index (κ1) is 45.9. The van der Waals surface area contributed by atoms with Crippen molar-refractivity contribution in [3.05, 3.63) is 69.6 Å². The van der Waals surface area contributed by atoms with Crippen molar-refractivity contribution in [3.63, 3.8) is 0 Å². The molecule has 2 saturated heterocycles. The van der Waals surface area contributed by atoms with Gasteiger partial charge in [-0.15, -0.1) is 0 Å². The van der Waals surface area contributed by atoms with E-state index < -0.39 is 11.9 Å². The number of hydrogen-bond donors (Lipinski definition) is 3. The Labute approximate surface area is 386 Å². The Kier molecular flexibility index (Phi) is 15.1. The molecule has 4 heterocycles. The number of nitrogens with one attached hydrogen (secondary N) is 3. The fourth-order valence-electron chi connectivity index (χ4n) is 10.1. The molecule has 3 amide bonds. The normalized spacial score (nSPS) is 20.1. The molecule has 5 fully saturated rings. The lowest BCUT2D eigenvalue weighted by atomic mass is 9.80. The second-order valence-corrected chi connectivity index (χ2v) is 20.1. The van der Waals surface area contributed by atoms with E-state index in [2.05, 4.69) is 62.5 Å². The third-order valence-corrected chi connectivity index (χ3v) is 15.3. The fraction of sp³-hybridized carbons (Fsp3) is 0.551. The summed E-state index contributed by atoms with van der Waals surface area (Å²) in [6, 6.07) is 14.2. The van der Waals surface area contributed by atoms with E-state index in [1.807, 2.05) is 25.1 Å². The van der Waals surface area contributed by atoms with E-state index in [1.54, 1.807) is 28.8 Å². The van der Waals surface area contributed by atoms with Gasteiger partial charge in [0, 0.05) is 73.5 Å². The van der Waals surface area contributed by atoms with Crippen molar-refractivity contribution in [3.8, 4) is 0 Å². The number of anilines is 5. The van der Waals surface area contributed by atoms with E-state index in [4.69, 9.17) is 16.6 Å². The molecule has 0 spiro atoms. The van der Waals surface area contributed by atoms with E-state index in [-0.39, 0.29) is 29.0 Å². The monoisotopic (exact) mass is 909 g/mol. The summed E-state index contributed by atoms with van der Waals surface area (Å²) >= 11 is 7.92. The van der Waals surface area contributed by atoms with Gasteiger partial charge in [-0.05, 0) is 130 Å². The van der Waals surface area contributed by atoms with Gasteiger partial charge in [-0.25, -0.2) is 4.98 Å². The van der Waals surface area contributed by atoms with Crippen LogP contribution >= 0.6 is 23.5 Å². The summed E-state index contributed by atoms with van der Waals surface area (Å²) < 4.78 is 5.30. The van der Waals surface area contributed by atoms with E-state index in [9.17, 15) is 19.2 Å². The Balaban J connectivity index is 0.000000175. The first-order valence-electron chi connectivity index (χ1n) is 23.6. The molecule has 4 aromatic rings. The van der Waals surface area contributed by atoms with Crippen LogP contribution in [0.15, 0.2) is 58.4 Å².